The number of pyridine rings is 1. The molecule has 28 heavy (non-hydrogen) atoms. The number of nitro benzene ring substituents is 1. The monoisotopic (exact) mass is 372 g/mol. The number of nitro groups is 1. The van der Waals surface area contributed by atoms with E-state index in [1.165, 1.54) is 6.07 Å². The third-order valence-corrected chi connectivity index (χ3v) is 4.48. The van der Waals surface area contributed by atoms with Crippen LogP contribution in [0.4, 0.5) is 11.5 Å². The zero-order valence-corrected chi connectivity index (χ0v) is 15.0. The lowest BCUT2D eigenvalue weighted by molar-refractivity contribution is -0.385. The second kappa shape index (κ2) is 6.96. The highest BCUT2D eigenvalue weighted by atomic mass is 16.6. The number of rotatable bonds is 4. The maximum absolute atomic E-state index is 12.9. The molecule has 0 aliphatic heterocycles. The SMILES string of the molecule is Cc1ccc(C(=O)Nc2c(-c3ccccc3)nc3ccccn23)cc1[N+](=O)[O-]. The number of fused-ring (bicyclic) bond motifs is 1. The number of hydrogen-bond acceptors (Lipinski definition) is 4. The van der Waals surface area contributed by atoms with Gasteiger partial charge in [-0.25, -0.2) is 4.98 Å². The van der Waals surface area contributed by atoms with E-state index in [0.29, 0.717) is 22.7 Å². The molecule has 0 saturated heterocycles. The van der Waals surface area contributed by atoms with Crippen LogP contribution in [0.1, 0.15) is 15.9 Å². The van der Waals surface area contributed by atoms with Crippen LogP contribution in [-0.2, 0) is 0 Å². The maximum atomic E-state index is 12.9. The minimum Gasteiger partial charge on any atom is -0.306 e. The van der Waals surface area contributed by atoms with Gasteiger partial charge in [0.25, 0.3) is 11.6 Å². The smallest absolute Gasteiger partial charge is 0.273 e. The molecule has 4 rings (SSSR count). The second-order valence-electron chi connectivity index (χ2n) is 6.32. The molecule has 138 valence electrons. The van der Waals surface area contributed by atoms with Crippen molar-refractivity contribution >= 4 is 23.1 Å². The Labute approximate surface area is 160 Å². The minimum atomic E-state index is -0.490. The Morgan fingerprint density at radius 3 is 2.57 bits per heavy atom. The summed E-state index contributed by atoms with van der Waals surface area (Å²) >= 11 is 0. The average Bonchev–Trinajstić information content (AvgIpc) is 3.07. The van der Waals surface area contributed by atoms with Crippen LogP contribution in [0.5, 0.6) is 0 Å². The number of benzene rings is 2. The van der Waals surface area contributed by atoms with Gasteiger partial charge in [0.1, 0.15) is 17.2 Å². The summed E-state index contributed by atoms with van der Waals surface area (Å²) in [6, 6.07) is 19.5. The van der Waals surface area contributed by atoms with E-state index in [-0.39, 0.29) is 11.3 Å². The van der Waals surface area contributed by atoms with Crippen LogP contribution in [0.15, 0.2) is 72.9 Å². The number of imidazole rings is 1. The number of carbonyl (C=O) groups excluding carboxylic acids is 1. The summed E-state index contributed by atoms with van der Waals surface area (Å²) in [6.45, 7) is 1.64. The predicted octanol–water partition coefficient (Wildman–Crippen LogP) is 4.47. The summed E-state index contributed by atoms with van der Waals surface area (Å²) < 4.78 is 1.78. The lowest BCUT2D eigenvalue weighted by atomic mass is 10.1. The molecule has 2 heterocycles. The summed E-state index contributed by atoms with van der Waals surface area (Å²) in [5, 5.41) is 14.1. The quantitative estimate of drug-likeness (QED) is 0.423. The fourth-order valence-electron chi connectivity index (χ4n) is 3.04. The van der Waals surface area contributed by atoms with Crippen LogP contribution in [0.25, 0.3) is 16.9 Å². The van der Waals surface area contributed by atoms with Gasteiger partial charge in [0.15, 0.2) is 0 Å². The van der Waals surface area contributed by atoms with Gasteiger partial charge in [0.2, 0.25) is 0 Å². The molecule has 7 nitrogen and oxygen atoms in total. The van der Waals surface area contributed by atoms with Crippen molar-refractivity contribution in [3.8, 4) is 11.3 Å². The number of anilines is 1. The van der Waals surface area contributed by atoms with E-state index in [9.17, 15) is 14.9 Å². The summed E-state index contributed by atoms with van der Waals surface area (Å²) in [7, 11) is 0. The highest BCUT2D eigenvalue weighted by Crippen LogP contribution is 2.29. The molecule has 0 bridgehead atoms. The number of aryl methyl sites for hydroxylation is 1. The van der Waals surface area contributed by atoms with Crippen molar-refractivity contribution < 1.29 is 9.72 Å². The van der Waals surface area contributed by atoms with Gasteiger partial charge in [-0.15, -0.1) is 0 Å². The molecule has 0 saturated carbocycles. The van der Waals surface area contributed by atoms with Gasteiger partial charge in [0.05, 0.1) is 4.92 Å². The van der Waals surface area contributed by atoms with Crippen molar-refractivity contribution in [2.24, 2.45) is 0 Å². The first-order valence-corrected chi connectivity index (χ1v) is 8.63. The fourth-order valence-corrected chi connectivity index (χ4v) is 3.04. The Bertz CT molecular complexity index is 1200. The number of nitrogens with one attached hydrogen (secondary N) is 1. The Morgan fingerprint density at radius 2 is 1.82 bits per heavy atom. The lowest BCUT2D eigenvalue weighted by Crippen LogP contribution is -2.14. The van der Waals surface area contributed by atoms with Crippen molar-refractivity contribution in [3.63, 3.8) is 0 Å². The number of hydrogen-bond donors (Lipinski definition) is 1. The maximum Gasteiger partial charge on any atom is 0.273 e. The van der Waals surface area contributed by atoms with E-state index in [2.05, 4.69) is 10.3 Å². The van der Waals surface area contributed by atoms with E-state index in [1.807, 2.05) is 54.7 Å². The molecular weight excluding hydrogens is 356 g/mol. The third kappa shape index (κ3) is 3.09. The molecular formula is C21H16N4O3. The van der Waals surface area contributed by atoms with Gasteiger partial charge in [-0.3, -0.25) is 19.3 Å². The van der Waals surface area contributed by atoms with Crippen LogP contribution in [0.2, 0.25) is 0 Å². The molecule has 0 unspecified atom stereocenters. The Kier molecular flexibility index (Phi) is 4.33. The van der Waals surface area contributed by atoms with Gasteiger partial charge < -0.3 is 5.32 Å². The number of aromatic nitrogens is 2. The Balaban J connectivity index is 1.79. The Morgan fingerprint density at radius 1 is 1.07 bits per heavy atom. The predicted molar refractivity (Wildman–Crippen MR) is 106 cm³/mol. The largest absolute Gasteiger partial charge is 0.306 e. The fraction of sp³-hybridized carbons (Fsp3) is 0.0476. The molecule has 0 atom stereocenters. The number of nitrogens with zero attached hydrogens (tertiary/aromatic N) is 3. The summed E-state index contributed by atoms with van der Waals surface area (Å²) in [6.07, 6.45) is 1.81. The molecule has 0 spiro atoms. The lowest BCUT2D eigenvalue weighted by Gasteiger charge is -2.08. The molecule has 0 aliphatic rings. The van der Waals surface area contributed by atoms with Crippen LogP contribution >= 0.6 is 0 Å². The first-order chi connectivity index (χ1) is 13.5. The molecule has 0 fully saturated rings. The van der Waals surface area contributed by atoms with Crippen LogP contribution in [0.3, 0.4) is 0 Å². The van der Waals surface area contributed by atoms with Crippen molar-refractivity contribution in [1.82, 2.24) is 9.38 Å². The highest BCUT2D eigenvalue weighted by molar-refractivity contribution is 6.06. The minimum absolute atomic E-state index is 0.0888. The highest BCUT2D eigenvalue weighted by Gasteiger charge is 2.19. The Hall–Kier alpha value is -4.00. The van der Waals surface area contributed by atoms with E-state index in [0.717, 1.165) is 5.56 Å². The molecule has 0 radical (unpaired) electrons. The zero-order valence-electron chi connectivity index (χ0n) is 15.0. The normalized spacial score (nSPS) is 10.8. The number of carbonyl (C=O) groups is 1. The second-order valence-corrected chi connectivity index (χ2v) is 6.32. The zero-order chi connectivity index (χ0) is 19.7. The summed E-state index contributed by atoms with van der Waals surface area (Å²) in [5.41, 5.74) is 2.79. The van der Waals surface area contributed by atoms with E-state index < -0.39 is 10.8 Å². The summed E-state index contributed by atoms with van der Waals surface area (Å²) in [4.78, 5) is 28.2. The molecule has 1 N–H and O–H groups in total. The summed E-state index contributed by atoms with van der Waals surface area (Å²) in [5.74, 6) is 0.0703. The van der Waals surface area contributed by atoms with Gasteiger partial charge in [-0.1, -0.05) is 42.5 Å². The van der Waals surface area contributed by atoms with Gasteiger partial charge in [0, 0.05) is 29.0 Å². The van der Waals surface area contributed by atoms with Crippen LogP contribution in [0, 0.1) is 17.0 Å². The van der Waals surface area contributed by atoms with Gasteiger partial charge >= 0.3 is 0 Å². The van der Waals surface area contributed by atoms with Gasteiger partial charge in [-0.2, -0.15) is 0 Å². The first kappa shape index (κ1) is 17.4. The van der Waals surface area contributed by atoms with Crippen molar-refractivity contribution in [1.29, 1.82) is 0 Å². The molecule has 4 aromatic rings. The molecule has 2 aromatic carbocycles. The average molecular weight is 372 g/mol. The van der Waals surface area contributed by atoms with E-state index in [1.54, 1.807) is 23.5 Å². The molecule has 7 heteroatoms. The molecule has 1 amide bonds. The van der Waals surface area contributed by atoms with E-state index in [4.69, 9.17) is 0 Å². The van der Waals surface area contributed by atoms with Gasteiger partial charge in [-0.05, 0) is 25.1 Å². The third-order valence-electron chi connectivity index (χ3n) is 4.48. The van der Waals surface area contributed by atoms with Crippen molar-refractivity contribution in [3.05, 3.63) is 94.2 Å². The van der Waals surface area contributed by atoms with Crippen LogP contribution < -0.4 is 5.32 Å². The van der Waals surface area contributed by atoms with E-state index >= 15 is 0 Å². The standard InChI is InChI=1S/C21H16N4O3/c1-14-10-11-16(13-17(14)25(27)28)21(26)23-20-19(15-7-3-2-4-8-15)22-18-9-5-6-12-24(18)20/h2-13H,1H3,(H,23,26). The van der Waals surface area contributed by atoms with Crippen molar-refractivity contribution in [2.75, 3.05) is 5.32 Å². The van der Waals surface area contributed by atoms with Crippen molar-refractivity contribution in [2.45, 2.75) is 6.92 Å². The number of amides is 1. The topological polar surface area (TPSA) is 89.5 Å². The first-order valence-electron chi connectivity index (χ1n) is 8.63. The molecule has 0 aliphatic carbocycles. The molecule has 2 aromatic heterocycles. The van der Waals surface area contributed by atoms with Crippen LogP contribution in [-0.4, -0.2) is 20.2 Å².